The topological polar surface area (TPSA) is 78.0 Å². The molecule has 1 heterocycles. The highest BCUT2D eigenvalue weighted by atomic mass is 35.5. The number of anilines is 1. The van der Waals surface area contributed by atoms with Gasteiger partial charge in [0.1, 0.15) is 0 Å². The molecule has 100 valence electrons. The second-order valence-corrected chi connectivity index (χ2v) is 5.24. The Balaban J connectivity index is 1.85. The van der Waals surface area contributed by atoms with Crippen LogP contribution in [-0.2, 0) is 4.79 Å². The van der Waals surface area contributed by atoms with Gasteiger partial charge in [-0.05, 0) is 31.4 Å². The van der Waals surface area contributed by atoms with Gasteiger partial charge < -0.3 is 10.4 Å². The first-order chi connectivity index (χ1) is 9.16. The number of rotatable bonds is 2. The number of carbonyl (C=O) groups excluding carboxylic acids is 1. The Bertz CT molecular complexity index is 625. The monoisotopic (exact) mass is 279 g/mol. The van der Waals surface area contributed by atoms with Gasteiger partial charge in [0.15, 0.2) is 5.82 Å². The molecule has 0 aliphatic heterocycles. The van der Waals surface area contributed by atoms with Crippen LogP contribution in [0, 0.1) is 5.92 Å². The highest BCUT2D eigenvalue weighted by molar-refractivity contribution is 6.35. The second kappa shape index (κ2) is 4.83. The minimum atomic E-state index is -0.547. The SMILES string of the molecule is O=C(Nc1n[nH]c2c(Cl)cccc12)C1CCCC1O. The van der Waals surface area contributed by atoms with Crippen LogP contribution in [-0.4, -0.2) is 27.3 Å². The maximum absolute atomic E-state index is 12.1. The number of hydrogen-bond donors (Lipinski definition) is 3. The van der Waals surface area contributed by atoms with Crippen LogP contribution in [0.25, 0.3) is 10.9 Å². The normalized spacial score (nSPS) is 22.8. The zero-order chi connectivity index (χ0) is 13.4. The summed E-state index contributed by atoms with van der Waals surface area (Å²) in [5.74, 6) is -0.0640. The summed E-state index contributed by atoms with van der Waals surface area (Å²) in [6, 6.07) is 5.40. The summed E-state index contributed by atoms with van der Waals surface area (Å²) in [7, 11) is 0. The van der Waals surface area contributed by atoms with E-state index in [9.17, 15) is 9.90 Å². The van der Waals surface area contributed by atoms with Crippen molar-refractivity contribution in [2.75, 3.05) is 5.32 Å². The number of aliphatic hydroxyl groups is 1. The first-order valence-corrected chi connectivity index (χ1v) is 6.66. The van der Waals surface area contributed by atoms with E-state index >= 15 is 0 Å². The number of aliphatic hydroxyl groups excluding tert-OH is 1. The molecule has 2 atom stereocenters. The van der Waals surface area contributed by atoms with Crippen LogP contribution in [0.5, 0.6) is 0 Å². The molecule has 1 aliphatic carbocycles. The minimum Gasteiger partial charge on any atom is -0.392 e. The third-order valence-corrected chi connectivity index (χ3v) is 3.92. The number of fused-ring (bicyclic) bond motifs is 1. The first kappa shape index (κ1) is 12.4. The average Bonchev–Trinajstić information content (AvgIpc) is 2.97. The van der Waals surface area contributed by atoms with Gasteiger partial charge in [-0.15, -0.1) is 0 Å². The zero-order valence-corrected chi connectivity index (χ0v) is 10.9. The van der Waals surface area contributed by atoms with E-state index in [1.54, 1.807) is 12.1 Å². The van der Waals surface area contributed by atoms with Gasteiger partial charge in [0.05, 0.1) is 22.6 Å². The molecule has 0 bridgehead atoms. The minimum absolute atomic E-state index is 0.182. The van der Waals surface area contributed by atoms with Crippen molar-refractivity contribution in [1.29, 1.82) is 0 Å². The Kier molecular flexibility index (Phi) is 3.16. The molecule has 6 heteroatoms. The smallest absolute Gasteiger partial charge is 0.231 e. The van der Waals surface area contributed by atoms with E-state index in [4.69, 9.17) is 11.6 Å². The highest BCUT2D eigenvalue weighted by Gasteiger charge is 2.31. The van der Waals surface area contributed by atoms with Crippen molar-refractivity contribution in [3.05, 3.63) is 23.2 Å². The molecule has 1 aromatic carbocycles. The van der Waals surface area contributed by atoms with Gasteiger partial charge in [0, 0.05) is 5.39 Å². The Hall–Kier alpha value is -1.59. The number of carbonyl (C=O) groups is 1. The predicted octanol–water partition coefficient (Wildman–Crippen LogP) is 2.32. The number of nitrogens with one attached hydrogen (secondary N) is 2. The summed E-state index contributed by atoms with van der Waals surface area (Å²) >= 11 is 6.03. The molecule has 3 rings (SSSR count). The molecule has 0 saturated heterocycles. The number of aromatic amines is 1. The van der Waals surface area contributed by atoms with Crippen LogP contribution in [0.15, 0.2) is 18.2 Å². The molecule has 1 fully saturated rings. The number of para-hydroxylation sites is 1. The van der Waals surface area contributed by atoms with Crippen molar-refractivity contribution >= 4 is 34.2 Å². The fourth-order valence-corrected chi connectivity index (χ4v) is 2.77. The molecule has 1 saturated carbocycles. The van der Waals surface area contributed by atoms with Crippen LogP contribution in [0.1, 0.15) is 19.3 Å². The largest absolute Gasteiger partial charge is 0.392 e. The molecule has 1 amide bonds. The lowest BCUT2D eigenvalue weighted by Crippen LogP contribution is -2.28. The number of halogens is 1. The van der Waals surface area contributed by atoms with E-state index in [-0.39, 0.29) is 11.8 Å². The summed E-state index contributed by atoms with van der Waals surface area (Å²) in [6.45, 7) is 0. The number of nitrogens with zero attached hydrogens (tertiary/aromatic N) is 1. The van der Waals surface area contributed by atoms with E-state index in [1.807, 2.05) is 6.07 Å². The van der Waals surface area contributed by atoms with Crippen molar-refractivity contribution in [3.8, 4) is 0 Å². The molecule has 2 unspecified atom stereocenters. The third-order valence-electron chi connectivity index (χ3n) is 3.61. The van der Waals surface area contributed by atoms with Crippen molar-refractivity contribution in [2.45, 2.75) is 25.4 Å². The Morgan fingerprint density at radius 1 is 1.47 bits per heavy atom. The average molecular weight is 280 g/mol. The summed E-state index contributed by atoms with van der Waals surface area (Å²) in [5.41, 5.74) is 0.700. The molecule has 5 nitrogen and oxygen atoms in total. The molecular formula is C13H14ClN3O2. The summed E-state index contributed by atoms with van der Waals surface area (Å²) < 4.78 is 0. The standard InChI is InChI=1S/C13H14ClN3O2/c14-9-5-1-4-8-11(9)16-17-12(8)15-13(19)7-3-2-6-10(7)18/h1,4-5,7,10,18H,2-3,6H2,(H2,15,16,17,19). The van der Waals surface area contributed by atoms with Gasteiger partial charge in [-0.25, -0.2) is 0 Å². The van der Waals surface area contributed by atoms with Crippen molar-refractivity contribution in [3.63, 3.8) is 0 Å². The van der Waals surface area contributed by atoms with E-state index in [1.165, 1.54) is 0 Å². The quantitative estimate of drug-likeness (QED) is 0.789. The van der Waals surface area contributed by atoms with E-state index in [2.05, 4.69) is 15.5 Å². The summed E-state index contributed by atoms with van der Waals surface area (Å²) in [6.07, 6.45) is 1.74. The number of amides is 1. The Labute approximate surface area is 115 Å². The number of hydrogen-bond acceptors (Lipinski definition) is 3. The fraction of sp³-hybridized carbons (Fsp3) is 0.385. The lowest BCUT2D eigenvalue weighted by Gasteiger charge is -2.13. The lowest BCUT2D eigenvalue weighted by atomic mass is 10.1. The molecule has 0 spiro atoms. The Morgan fingerprint density at radius 3 is 3.05 bits per heavy atom. The van der Waals surface area contributed by atoms with Crippen molar-refractivity contribution < 1.29 is 9.90 Å². The Morgan fingerprint density at radius 2 is 2.32 bits per heavy atom. The van der Waals surface area contributed by atoms with Crippen LogP contribution < -0.4 is 5.32 Å². The maximum Gasteiger partial charge on any atom is 0.231 e. The predicted molar refractivity (Wildman–Crippen MR) is 73.1 cm³/mol. The number of aromatic nitrogens is 2. The number of benzene rings is 1. The zero-order valence-electron chi connectivity index (χ0n) is 10.2. The van der Waals surface area contributed by atoms with Crippen molar-refractivity contribution in [2.24, 2.45) is 5.92 Å². The first-order valence-electron chi connectivity index (χ1n) is 6.28. The molecular weight excluding hydrogens is 266 g/mol. The highest BCUT2D eigenvalue weighted by Crippen LogP contribution is 2.29. The molecule has 2 aromatic rings. The molecule has 19 heavy (non-hydrogen) atoms. The van der Waals surface area contributed by atoms with Gasteiger partial charge in [-0.1, -0.05) is 17.7 Å². The van der Waals surface area contributed by atoms with E-state index in [0.717, 1.165) is 18.2 Å². The lowest BCUT2D eigenvalue weighted by molar-refractivity contribution is -0.122. The van der Waals surface area contributed by atoms with Gasteiger partial charge in [-0.3, -0.25) is 9.89 Å². The fourth-order valence-electron chi connectivity index (χ4n) is 2.56. The molecule has 0 radical (unpaired) electrons. The van der Waals surface area contributed by atoms with E-state index in [0.29, 0.717) is 22.8 Å². The summed E-state index contributed by atoms with van der Waals surface area (Å²) in [4.78, 5) is 12.1. The second-order valence-electron chi connectivity index (χ2n) is 4.83. The van der Waals surface area contributed by atoms with Crippen LogP contribution in [0.4, 0.5) is 5.82 Å². The van der Waals surface area contributed by atoms with Crippen LogP contribution in [0.3, 0.4) is 0 Å². The van der Waals surface area contributed by atoms with Crippen LogP contribution in [0.2, 0.25) is 5.02 Å². The third kappa shape index (κ3) is 2.19. The maximum atomic E-state index is 12.1. The van der Waals surface area contributed by atoms with Crippen molar-refractivity contribution in [1.82, 2.24) is 10.2 Å². The molecule has 1 aliphatic rings. The van der Waals surface area contributed by atoms with Gasteiger partial charge >= 0.3 is 0 Å². The van der Waals surface area contributed by atoms with Crippen LogP contribution >= 0.6 is 11.6 Å². The van der Waals surface area contributed by atoms with Gasteiger partial charge in [0.2, 0.25) is 5.91 Å². The summed E-state index contributed by atoms with van der Waals surface area (Å²) in [5, 5.41) is 20.7. The number of H-pyrrole nitrogens is 1. The van der Waals surface area contributed by atoms with Gasteiger partial charge in [0.25, 0.3) is 0 Å². The van der Waals surface area contributed by atoms with Gasteiger partial charge in [-0.2, -0.15) is 5.10 Å². The molecule has 3 N–H and O–H groups in total. The van der Waals surface area contributed by atoms with E-state index < -0.39 is 6.10 Å². The molecule has 1 aromatic heterocycles.